The number of aliphatic hydroxyl groups excluding tert-OH is 1. The van der Waals surface area contributed by atoms with Crippen LogP contribution in [0.15, 0.2) is 12.2 Å². The second-order valence-electron chi connectivity index (χ2n) is 3.09. The summed E-state index contributed by atoms with van der Waals surface area (Å²) in [5.74, 6) is -0.864. The predicted octanol–water partition coefficient (Wildman–Crippen LogP) is 1.96. The Balaban J connectivity index is 3.43. The van der Waals surface area contributed by atoms with Gasteiger partial charge in [0.15, 0.2) is 0 Å². The molecule has 13 heavy (non-hydrogen) atoms. The van der Waals surface area contributed by atoms with E-state index in [2.05, 4.69) is 6.92 Å². The summed E-state index contributed by atoms with van der Waals surface area (Å²) in [4.78, 5) is 10.1. The van der Waals surface area contributed by atoms with Gasteiger partial charge in [0.05, 0.1) is 12.5 Å². The highest BCUT2D eigenvalue weighted by molar-refractivity contribution is 5.68. The summed E-state index contributed by atoms with van der Waals surface area (Å²) < 4.78 is 0. The number of hydrogen-bond acceptors (Lipinski definition) is 2. The van der Waals surface area contributed by atoms with Gasteiger partial charge in [-0.05, 0) is 6.42 Å². The monoisotopic (exact) mass is 186 g/mol. The standard InChI is InChI=1S/C10H18O3/c1-2-3-4-6-9(11)7-5-8-10(12)13/h5,7,9,11H,2-4,6,8H2,1H3,(H,12,13)/t9-/m1/s1. The fourth-order valence-electron chi connectivity index (χ4n) is 1.03. The van der Waals surface area contributed by atoms with E-state index < -0.39 is 12.1 Å². The van der Waals surface area contributed by atoms with Crippen LogP contribution in [-0.2, 0) is 4.79 Å². The first-order valence-electron chi connectivity index (χ1n) is 4.73. The van der Waals surface area contributed by atoms with Crippen molar-refractivity contribution in [1.29, 1.82) is 0 Å². The van der Waals surface area contributed by atoms with E-state index in [0.717, 1.165) is 25.7 Å². The molecule has 0 aromatic rings. The van der Waals surface area contributed by atoms with Gasteiger partial charge in [0.25, 0.3) is 0 Å². The highest BCUT2D eigenvalue weighted by Gasteiger charge is 1.98. The van der Waals surface area contributed by atoms with Crippen LogP contribution in [0, 0.1) is 0 Å². The summed E-state index contributed by atoms with van der Waals surface area (Å²) in [7, 11) is 0. The van der Waals surface area contributed by atoms with Crippen molar-refractivity contribution < 1.29 is 15.0 Å². The van der Waals surface area contributed by atoms with Crippen LogP contribution in [-0.4, -0.2) is 22.3 Å². The lowest BCUT2D eigenvalue weighted by atomic mass is 10.1. The van der Waals surface area contributed by atoms with E-state index in [1.54, 1.807) is 6.08 Å². The van der Waals surface area contributed by atoms with E-state index in [0.29, 0.717) is 0 Å². The van der Waals surface area contributed by atoms with Crippen molar-refractivity contribution in [2.75, 3.05) is 0 Å². The molecular weight excluding hydrogens is 168 g/mol. The average molecular weight is 186 g/mol. The van der Waals surface area contributed by atoms with E-state index in [-0.39, 0.29) is 6.42 Å². The molecule has 0 heterocycles. The number of hydrogen-bond donors (Lipinski definition) is 2. The molecule has 0 aromatic carbocycles. The fourth-order valence-corrected chi connectivity index (χ4v) is 1.03. The highest BCUT2D eigenvalue weighted by atomic mass is 16.4. The minimum atomic E-state index is -0.864. The summed E-state index contributed by atoms with van der Waals surface area (Å²) in [5.41, 5.74) is 0. The zero-order valence-electron chi connectivity index (χ0n) is 8.07. The second-order valence-corrected chi connectivity index (χ2v) is 3.09. The van der Waals surface area contributed by atoms with Crippen LogP contribution in [0.5, 0.6) is 0 Å². The molecule has 0 spiro atoms. The lowest BCUT2D eigenvalue weighted by molar-refractivity contribution is -0.136. The maximum absolute atomic E-state index is 10.1. The molecule has 2 N–H and O–H groups in total. The molecule has 0 aromatic heterocycles. The third-order valence-electron chi connectivity index (χ3n) is 1.75. The van der Waals surface area contributed by atoms with Crippen LogP contribution < -0.4 is 0 Å². The van der Waals surface area contributed by atoms with Gasteiger partial charge in [-0.3, -0.25) is 4.79 Å². The molecular formula is C10H18O3. The van der Waals surface area contributed by atoms with Crippen LogP contribution in [0.25, 0.3) is 0 Å². The predicted molar refractivity (Wildman–Crippen MR) is 51.5 cm³/mol. The molecule has 0 aliphatic carbocycles. The Labute approximate surface area is 79.1 Å². The van der Waals surface area contributed by atoms with Crippen molar-refractivity contribution in [2.24, 2.45) is 0 Å². The van der Waals surface area contributed by atoms with Gasteiger partial charge in [0.2, 0.25) is 0 Å². The van der Waals surface area contributed by atoms with Crippen LogP contribution in [0.1, 0.15) is 39.0 Å². The molecule has 3 heteroatoms. The highest BCUT2D eigenvalue weighted by Crippen LogP contribution is 2.04. The molecule has 0 fully saturated rings. The lowest BCUT2D eigenvalue weighted by Crippen LogP contribution is -2.02. The minimum Gasteiger partial charge on any atom is -0.481 e. The molecule has 0 radical (unpaired) electrons. The summed E-state index contributed by atoms with van der Waals surface area (Å²) in [6.45, 7) is 2.10. The number of rotatable bonds is 7. The van der Waals surface area contributed by atoms with Gasteiger partial charge in [0.1, 0.15) is 0 Å². The summed E-state index contributed by atoms with van der Waals surface area (Å²) in [5, 5.41) is 17.6. The van der Waals surface area contributed by atoms with Gasteiger partial charge in [-0.25, -0.2) is 0 Å². The van der Waals surface area contributed by atoms with Crippen LogP contribution in [0.4, 0.5) is 0 Å². The van der Waals surface area contributed by atoms with E-state index in [4.69, 9.17) is 5.11 Å². The van der Waals surface area contributed by atoms with Crippen LogP contribution >= 0.6 is 0 Å². The Morgan fingerprint density at radius 3 is 2.69 bits per heavy atom. The van der Waals surface area contributed by atoms with E-state index in [9.17, 15) is 9.90 Å². The first-order valence-corrected chi connectivity index (χ1v) is 4.73. The number of aliphatic hydroxyl groups is 1. The Morgan fingerprint density at radius 2 is 2.15 bits per heavy atom. The van der Waals surface area contributed by atoms with Gasteiger partial charge < -0.3 is 10.2 Å². The summed E-state index contributed by atoms with van der Waals surface area (Å²) in [6, 6.07) is 0. The largest absolute Gasteiger partial charge is 0.481 e. The van der Waals surface area contributed by atoms with Crippen molar-refractivity contribution >= 4 is 5.97 Å². The third-order valence-corrected chi connectivity index (χ3v) is 1.75. The molecule has 0 amide bonds. The Bertz CT molecular complexity index is 164. The fraction of sp³-hybridized carbons (Fsp3) is 0.700. The number of carboxylic acid groups (broad SMARTS) is 1. The normalized spacial score (nSPS) is 13.4. The molecule has 0 saturated carbocycles. The molecule has 0 saturated heterocycles. The Morgan fingerprint density at radius 1 is 1.46 bits per heavy atom. The molecule has 0 aliphatic heterocycles. The van der Waals surface area contributed by atoms with E-state index in [1.807, 2.05) is 0 Å². The van der Waals surface area contributed by atoms with Crippen molar-refractivity contribution in [2.45, 2.75) is 45.1 Å². The van der Waals surface area contributed by atoms with E-state index >= 15 is 0 Å². The van der Waals surface area contributed by atoms with E-state index in [1.165, 1.54) is 6.08 Å². The number of unbranched alkanes of at least 4 members (excludes halogenated alkanes) is 2. The van der Waals surface area contributed by atoms with Crippen LogP contribution in [0.2, 0.25) is 0 Å². The molecule has 3 nitrogen and oxygen atoms in total. The molecule has 0 aliphatic rings. The average Bonchev–Trinajstić information content (AvgIpc) is 2.04. The summed E-state index contributed by atoms with van der Waals surface area (Å²) in [6.07, 6.45) is 6.54. The second kappa shape index (κ2) is 7.80. The van der Waals surface area contributed by atoms with Crippen molar-refractivity contribution in [1.82, 2.24) is 0 Å². The van der Waals surface area contributed by atoms with Gasteiger partial charge in [-0.1, -0.05) is 38.3 Å². The first kappa shape index (κ1) is 12.2. The number of carbonyl (C=O) groups is 1. The van der Waals surface area contributed by atoms with Crippen molar-refractivity contribution in [3.8, 4) is 0 Å². The van der Waals surface area contributed by atoms with Gasteiger partial charge in [0, 0.05) is 0 Å². The number of aliphatic carboxylic acids is 1. The lowest BCUT2D eigenvalue weighted by Gasteiger charge is -2.03. The maximum atomic E-state index is 10.1. The Hall–Kier alpha value is -0.830. The topological polar surface area (TPSA) is 57.5 Å². The van der Waals surface area contributed by atoms with Gasteiger partial charge in [-0.2, -0.15) is 0 Å². The third kappa shape index (κ3) is 9.08. The molecule has 1 atom stereocenters. The van der Waals surface area contributed by atoms with Crippen LogP contribution in [0.3, 0.4) is 0 Å². The molecule has 0 unspecified atom stereocenters. The maximum Gasteiger partial charge on any atom is 0.307 e. The summed E-state index contributed by atoms with van der Waals surface area (Å²) >= 11 is 0. The van der Waals surface area contributed by atoms with Crippen molar-refractivity contribution in [3.63, 3.8) is 0 Å². The minimum absolute atomic E-state index is 0.00909. The van der Waals surface area contributed by atoms with Crippen molar-refractivity contribution in [3.05, 3.63) is 12.2 Å². The molecule has 0 bridgehead atoms. The SMILES string of the molecule is CCCCC[C@@H](O)C=CCC(=O)O. The molecule has 0 rings (SSSR count). The first-order chi connectivity index (χ1) is 6.16. The zero-order chi connectivity index (χ0) is 10.1. The smallest absolute Gasteiger partial charge is 0.307 e. The quantitative estimate of drug-likeness (QED) is 0.472. The number of carboxylic acids is 1. The molecule has 76 valence electrons. The Kier molecular flexibility index (Phi) is 7.30. The van der Waals surface area contributed by atoms with Gasteiger partial charge in [-0.15, -0.1) is 0 Å². The van der Waals surface area contributed by atoms with Gasteiger partial charge >= 0.3 is 5.97 Å². The zero-order valence-corrected chi connectivity index (χ0v) is 8.07.